The third-order valence-electron chi connectivity index (χ3n) is 5.02. The Morgan fingerprint density at radius 3 is 2.68 bits per heavy atom. The summed E-state index contributed by atoms with van der Waals surface area (Å²) in [6.45, 7) is 2.21. The molecule has 0 radical (unpaired) electrons. The first-order valence-corrected chi connectivity index (χ1v) is 9.49. The van der Waals surface area contributed by atoms with Crippen molar-refractivity contribution >= 4 is 28.4 Å². The SMILES string of the molecule is Cc1c(NC(=O)c2cc(C(N)=O)c3ccccc3n2)cnn1Cc1ccccc1C#N. The molecule has 8 nitrogen and oxygen atoms in total. The molecule has 0 bridgehead atoms. The number of benzene rings is 2. The standard InChI is InChI=1S/C23H18N6O2/c1-14-21(12-26-29(14)13-16-7-3-2-6-15(16)11-24)28-23(31)20-10-18(22(25)30)17-8-4-5-9-19(17)27-20/h2-10,12H,13H2,1H3,(H2,25,30)(H,28,31). The minimum atomic E-state index is -0.632. The molecule has 4 rings (SSSR count). The molecule has 8 heteroatoms. The molecule has 0 spiro atoms. The maximum Gasteiger partial charge on any atom is 0.274 e. The van der Waals surface area contributed by atoms with E-state index < -0.39 is 11.8 Å². The quantitative estimate of drug-likeness (QED) is 0.523. The molecular weight excluding hydrogens is 392 g/mol. The Bertz CT molecular complexity index is 1370. The number of para-hydroxylation sites is 1. The number of hydrogen-bond donors (Lipinski definition) is 2. The van der Waals surface area contributed by atoms with E-state index in [2.05, 4.69) is 21.5 Å². The lowest BCUT2D eigenvalue weighted by Gasteiger charge is -2.09. The van der Waals surface area contributed by atoms with Gasteiger partial charge in [0.15, 0.2) is 0 Å². The van der Waals surface area contributed by atoms with E-state index in [9.17, 15) is 14.9 Å². The lowest BCUT2D eigenvalue weighted by molar-refractivity contribution is 0.100. The van der Waals surface area contributed by atoms with Crippen LogP contribution in [-0.2, 0) is 6.54 Å². The second-order valence-corrected chi connectivity index (χ2v) is 6.96. The molecule has 0 fully saturated rings. The molecule has 0 aliphatic rings. The van der Waals surface area contributed by atoms with E-state index in [0.717, 1.165) is 11.3 Å². The molecular formula is C23H18N6O2. The number of nitrogens with two attached hydrogens (primary N) is 1. The van der Waals surface area contributed by atoms with Gasteiger partial charge in [-0.2, -0.15) is 10.4 Å². The lowest BCUT2D eigenvalue weighted by Crippen LogP contribution is -2.18. The highest BCUT2D eigenvalue weighted by molar-refractivity contribution is 6.10. The summed E-state index contributed by atoms with van der Waals surface area (Å²) in [6, 6.07) is 17.8. The molecule has 2 aromatic carbocycles. The highest BCUT2D eigenvalue weighted by Crippen LogP contribution is 2.21. The van der Waals surface area contributed by atoms with Gasteiger partial charge in [0, 0.05) is 5.39 Å². The van der Waals surface area contributed by atoms with Gasteiger partial charge in [-0.25, -0.2) is 4.98 Å². The number of primary amides is 1. The molecule has 3 N–H and O–H groups in total. The minimum absolute atomic E-state index is 0.0782. The van der Waals surface area contributed by atoms with Crippen LogP contribution in [0.4, 0.5) is 5.69 Å². The van der Waals surface area contributed by atoms with E-state index in [1.54, 1.807) is 41.1 Å². The first-order valence-electron chi connectivity index (χ1n) is 9.49. The number of hydrogen-bond acceptors (Lipinski definition) is 5. The Labute approximate surface area is 177 Å². The molecule has 31 heavy (non-hydrogen) atoms. The van der Waals surface area contributed by atoms with Crippen LogP contribution in [-0.4, -0.2) is 26.6 Å². The van der Waals surface area contributed by atoms with Crippen LogP contribution in [0.1, 0.15) is 37.7 Å². The van der Waals surface area contributed by atoms with Gasteiger partial charge in [0.1, 0.15) is 5.69 Å². The van der Waals surface area contributed by atoms with Crippen molar-refractivity contribution in [2.24, 2.45) is 5.73 Å². The summed E-state index contributed by atoms with van der Waals surface area (Å²) < 4.78 is 1.70. The predicted molar refractivity (Wildman–Crippen MR) is 115 cm³/mol. The molecule has 0 atom stereocenters. The largest absolute Gasteiger partial charge is 0.366 e. The number of nitrogens with zero attached hydrogens (tertiary/aromatic N) is 4. The van der Waals surface area contributed by atoms with Gasteiger partial charge in [-0.1, -0.05) is 36.4 Å². The van der Waals surface area contributed by atoms with Crippen LogP contribution >= 0.6 is 0 Å². The van der Waals surface area contributed by atoms with E-state index in [4.69, 9.17) is 5.73 Å². The molecule has 2 aromatic heterocycles. The van der Waals surface area contributed by atoms with Crippen molar-refractivity contribution in [3.63, 3.8) is 0 Å². The number of nitriles is 1. The van der Waals surface area contributed by atoms with Crippen LogP contribution in [0.5, 0.6) is 0 Å². The van der Waals surface area contributed by atoms with E-state index in [-0.39, 0.29) is 11.3 Å². The van der Waals surface area contributed by atoms with Crippen LogP contribution in [0.3, 0.4) is 0 Å². The highest BCUT2D eigenvalue weighted by Gasteiger charge is 2.17. The Balaban J connectivity index is 1.61. The topological polar surface area (TPSA) is 127 Å². The first-order chi connectivity index (χ1) is 15.0. The summed E-state index contributed by atoms with van der Waals surface area (Å²) in [5.41, 5.74) is 8.94. The second kappa shape index (κ2) is 8.08. The molecule has 0 aliphatic heterocycles. The number of anilines is 1. The molecule has 0 unspecified atom stereocenters. The van der Waals surface area contributed by atoms with Gasteiger partial charge < -0.3 is 11.1 Å². The summed E-state index contributed by atoms with van der Waals surface area (Å²) in [5.74, 6) is -1.11. The fraction of sp³-hybridized carbons (Fsp3) is 0.0870. The Kier molecular flexibility index (Phi) is 5.16. The van der Waals surface area contributed by atoms with Crippen molar-refractivity contribution in [2.75, 3.05) is 5.32 Å². The van der Waals surface area contributed by atoms with Crippen LogP contribution in [0, 0.1) is 18.3 Å². The van der Waals surface area contributed by atoms with E-state index in [1.165, 1.54) is 12.3 Å². The number of carbonyl (C=O) groups is 2. The fourth-order valence-electron chi connectivity index (χ4n) is 3.34. The molecule has 4 aromatic rings. The molecule has 0 saturated heterocycles. The monoisotopic (exact) mass is 410 g/mol. The van der Waals surface area contributed by atoms with Gasteiger partial charge in [-0.15, -0.1) is 0 Å². The summed E-state index contributed by atoms with van der Waals surface area (Å²) >= 11 is 0. The zero-order valence-electron chi connectivity index (χ0n) is 16.7. The minimum Gasteiger partial charge on any atom is -0.366 e. The van der Waals surface area contributed by atoms with Gasteiger partial charge in [-0.3, -0.25) is 14.3 Å². The molecule has 152 valence electrons. The van der Waals surface area contributed by atoms with Gasteiger partial charge in [0.2, 0.25) is 5.91 Å². The normalized spacial score (nSPS) is 10.6. The van der Waals surface area contributed by atoms with Crippen LogP contribution in [0.25, 0.3) is 10.9 Å². The summed E-state index contributed by atoms with van der Waals surface area (Å²) in [4.78, 5) is 29.1. The summed E-state index contributed by atoms with van der Waals surface area (Å²) in [5, 5.41) is 17.0. The van der Waals surface area contributed by atoms with Gasteiger partial charge >= 0.3 is 0 Å². The Morgan fingerprint density at radius 1 is 1.16 bits per heavy atom. The molecule has 2 amide bonds. The van der Waals surface area contributed by atoms with Crippen molar-refractivity contribution in [1.82, 2.24) is 14.8 Å². The smallest absolute Gasteiger partial charge is 0.274 e. The number of amides is 2. The number of nitrogens with one attached hydrogen (secondary N) is 1. The van der Waals surface area contributed by atoms with E-state index >= 15 is 0 Å². The van der Waals surface area contributed by atoms with Gasteiger partial charge in [-0.05, 0) is 30.7 Å². The van der Waals surface area contributed by atoms with Crippen molar-refractivity contribution in [1.29, 1.82) is 5.26 Å². The fourth-order valence-corrected chi connectivity index (χ4v) is 3.34. The van der Waals surface area contributed by atoms with Crippen LogP contribution in [0.2, 0.25) is 0 Å². The van der Waals surface area contributed by atoms with E-state index in [0.29, 0.717) is 28.7 Å². The maximum absolute atomic E-state index is 12.8. The highest BCUT2D eigenvalue weighted by atomic mass is 16.2. The van der Waals surface area contributed by atoms with Gasteiger partial charge in [0.05, 0.1) is 46.8 Å². The third kappa shape index (κ3) is 3.84. The zero-order chi connectivity index (χ0) is 22.0. The van der Waals surface area contributed by atoms with Gasteiger partial charge in [0.25, 0.3) is 5.91 Å². The van der Waals surface area contributed by atoms with Crippen LogP contribution in [0.15, 0.2) is 60.8 Å². The summed E-state index contributed by atoms with van der Waals surface area (Å²) in [7, 11) is 0. The summed E-state index contributed by atoms with van der Waals surface area (Å²) in [6.07, 6.45) is 1.54. The maximum atomic E-state index is 12.8. The van der Waals surface area contributed by atoms with Crippen molar-refractivity contribution in [3.8, 4) is 6.07 Å². The van der Waals surface area contributed by atoms with Crippen LogP contribution < -0.4 is 11.1 Å². The number of carbonyl (C=O) groups excluding carboxylic acids is 2. The van der Waals surface area contributed by atoms with E-state index in [1.807, 2.05) is 19.1 Å². The number of fused-ring (bicyclic) bond motifs is 1. The van der Waals surface area contributed by atoms with Crippen molar-refractivity contribution in [3.05, 3.63) is 88.9 Å². The predicted octanol–water partition coefficient (Wildman–Crippen LogP) is 3.01. The molecule has 2 heterocycles. The average Bonchev–Trinajstić information content (AvgIpc) is 3.12. The van der Waals surface area contributed by atoms with Crippen molar-refractivity contribution < 1.29 is 9.59 Å². The Morgan fingerprint density at radius 2 is 1.90 bits per heavy atom. The number of rotatable bonds is 5. The molecule has 0 aliphatic carbocycles. The zero-order valence-corrected chi connectivity index (χ0v) is 16.7. The third-order valence-corrected chi connectivity index (χ3v) is 5.02. The number of aromatic nitrogens is 3. The Hall–Kier alpha value is -4.51. The second-order valence-electron chi connectivity index (χ2n) is 6.96. The number of pyridine rings is 1. The first kappa shape index (κ1) is 19.8. The average molecular weight is 410 g/mol. The molecule has 0 saturated carbocycles. The lowest BCUT2D eigenvalue weighted by atomic mass is 10.1. The van der Waals surface area contributed by atoms with Crippen molar-refractivity contribution in [2.45, 2.75) is 13.5 Å².